The van der Waals surface area contributed by atoms with Crippen LogP contribution in [0.3, 0.4) is 0 Å². The second-order valence-electron chi connectivity index (χ2n) is 4.31. The first-order chi connectivity index (χ1) is 10.7. The van der Waals surface area contributed by atoms with Gasteiger partial charge in [0.2, 0.25) is 0 Å². The summed E-state index contributed by atoms with van der Waals surface area (Å²) >= 11 is 0. The summed E-state index contributed by atoms with van der Waals surface area (Å²) in [5.41, 5.74) is -0.866. The van der Waals surface area contributed by atoms with Crippen LogP contribution in [0.5, 0.6) is 6.01 Å². The van der Waals surface area contributed by atoms with Crippen molar-refractivity contribution in [1.29, 1.82) is 0 Å². The molecule has 1 aromatic carbocycles. The van der Waals surface area contributed by atoms with E-state index >= 15 is 0 Å². The number of nitrogens with one attached hydrogen (secondary N) is 1. The molecule has 124 valence electrons. The minimum absolute atomic E-state index is 0.0633. The number of sulfonamides is 1. The van der Waals surface area contributed by atoms with Gasteiger partial charge in [-0.2, -0.15) is 13.2 Å². The Bertz CT molecular complexity index is 760. The van der Waals surface area contributed by atoms with Crippen LogP contribution in [-0.2, 0) is 16.2 Å². The lowest BCUT2D eigenvalue weighted by molar-refractivity contribution is -0.137. The molecule has 0 unspecified atom stereocenters. The van der Waals surface area contributed by atoms with Gasteiger partial charge in [-0.25, -0.2) is 18.4 Å². The first kappa shape index (κ1) is 17.0. The molecule has 2 aromatic rings. The average Bonchev–Trinajstić information content (AvgIpc) is 2.48. The van der Waals surface area contributed by atoms with E-state index in [0.29, 0.717) is 18.7 Å². The van der Waals surface area contributed by atoms with E-state index in [1.165, 1.54) is 12.4 Å². The molecule has 0 aliphatic rings. The van der Waals surface area contributed by atoms with E-state index in [2.05, 4.69) is 14.7 Å². The summed E-state index contributed by atoms with van der Waals surface area (Å²) in [7, 11) is -4.04. The molecule has 1 N–H and O–H groups in total. The molecule has 23 heavy (non-hydrogen) atoms. The van der Waals surface area contributed by atoms with Gasteiger partial charge in [0.05, 0.1) is 35.1 Å². The lowest BCUT2D eigenvalue weighted by Gasteiger charge is -2.10. The maximum absolute atomic E-state index is 12.5. The van der Waals surface area contributed by atoms with Gasteiger partial charge in [-0.15, -0.1) is 0 Å². The van der Waals surface area contributed by atoms with E-state index in [1.54, 1.807) is 6.92 Å². The number of rotatable bonds is 5. The van der Waals surface area contributed by atoms with Gasteiger partial charge in [-0.3, -0.25) is 4.72 Å². The second kappa shape index (κ2) is 6.41. The molecule has 6 nitrogen and oxygen atoms in total. The standard InChI is InChI=1S/C13H12F3N3O3S/c1-2-22-12-17-7-10(8-18-12)19-23(20,21)11-5-3-9(4-6-11)13(14,15)16/h3-8,19H,2H2,1H3. The van der Waals surface area contributed by atoms with Gasteiger partial charge in [0.25, 0.3) is 10.0 Å². The molecule has 0 bridgehead atoms. The predicted octanol–water partition coefficient (Wildman–Crippen LogP) is 2.69. The summed E-state index contributed by atoms with van der Waals surface area (Å²) in [4.78, 5) is 7.26. The molecule has 0 aliphatic heterocycles. The van der Waals surface area contributed by atoms with Gasteiger partial charge in [0, 0.05) is 0 Å². The van der Waals surface area contributed by atoms with Crippen LogP contribution < -0.4 is 9.46 Å². The topological polar surface area (TPSA) is 81.2 Å². The Morgan fingerprint density at radius 1 is 1.13 bits per heavy atom. The fourth-order valence-electron chi connectivity index (χ4n) is 1.61. The largest absolute Gasteiger partial charge is 0.464 e. The maximum atomic E-state index is 12.5. The molecular formula is C13H12F3N3O3S. The Balaban J connectivity index is 2.18. The van der Waals surface area contributed by atoms with Crippen LogP contribution in [0.4, 0.5) is 18.9 Å². The summed E-state index contributed by atoms with van der Waals surface area (Å²) in [6.07, 6.45) is -2.14. The lowest BCUT2D eigenvalue weighted by Crippen LogP contribution is -2.14. The number of anilines is 1. The molecule has 0 aliphatic carbocycles. The van der Waals surface area contributed by atoms with E-state index in [1.807, 2.05) is 0 Å². The summed E-state index contributed by atoms with van der Waals surface area (Å²) in [6, 6.07) is 3.23. The van der Waals surface area contributed by atoms with Crippen molar-refractivity contribution < 1.29 is 26.3 Å². The van der Waals surface area contributed by atoms with Crippen molar-refractivity contribution in [3.05, 3.63) is 42.2 Å². The van der Waals surface area contributed by atoms with Crippen LogP contribution in [-0.4, -0.2) is 25.0 Å². The highest BCUT2D eigenvalue weighted by molar-refractivity contribution is 7.92. The van der Waals surface area contributed by atoms with Gasteiger partial charge >= 0.3 is 12.2 Å². The third-order valence-electron chi connectivity index (χ3n) is 2.65. The van der Waals surface area contributed by atoms with Crippen LogP contribution in [0.2, 0.25) is 0 Å². The number of halogens is 3. The number of aromatic nitrogens is 2. The summed E-state index contributed by atoms with van der Waals surface area (Å²) < 4.78 is 68.8. The number of nitrogens with zero attached hydrogens (tertiary/aromatic N) is 2. The van der Waals surface area contributed by atoms with Gasteiger partial charge in [0.15, 0.2) is 0 Å². The molecule has 1 heterocycles. The van der Waals surface area contributed by atoms with Crippen molar-refractivity contribution in [3.63, 3.8) is 0 Å². The van der Waals surface area contributed by atoms with Crippen molar-refractivity contribution in [2.75, 3.05) is 11.3 Å². The fraction of sp³-hybridized carbons (Fsp3) is 0.231. The Morgan fingerprint density at radius 3 is 2.17 bits per heavy atom. The highest BCUT2D eigenvalue weighted by Gasteiger charge is 2.30. The third kappa shape index (κ3) is 4.31. The minimum Gasteiger partial charge on any atom is -0.464 e. The molecule has 0 atom stereocenters. The molecule has 0 amide bonds. The van der Waals surface area contributed by atoms with E-state index in [-0.39, 0.29) is 16.6 Å². The average molecular weight is 347 g/mol. The van der Waals surface area contributed by atoms with Gasteiger partial charge in [-0.1, -0.05) is 0 Å². The van der Waals surface area contributed by atoms with Gasteiger partial charge in [0.1, 0.15) is 0 Å². The lowest BCUT2D eigenvalue weighted by atomic mass is 10.2. The van der Waals surface area contributed by atoms with Crippen molar-refractivity contribution in [1.82, 2.24) is 9.97 Å². The first-order valence-electron chi connectivity index (χ1n) is 6.37. The number of alkyl halides is 3. The summed E-state index contributed by atoms with van der Waals surface area (Å²) in [5, 5.41) is 0. The number of hydrogen-bond donors (Lipinski definition) is 1. The van der Waals surface area contributed by atoms with Crippen molar-refractivity contribution in [3.8, 4) is 6.01 Å². The van der Waals surface area contributed by atoms with E-state index in [0.717, 1.165) is 12.1 Å². The predicted molar refractivity (Wildman–Crippen MR) is 75.5 cm³/mol. The molecule has 0 saturated carbocycles. The molecule has 0 fully saturated rings. The molecule has 10 heteroatoms. The zero-order valence-electron chi connectivity index (χ0n) is 11.8. The first-order valence-corrected chi connectivity index (χ1v) is 7.85. The zero-order chi connectivity index (χ0) is 17.1. The highest BCUT2D eigenvalue weighted by Crippen LogP contribution is 2.29. The van der Waals surface area contributed by atoms with Crippen LogP contribution in [0.1, 0.15) is 12.5 Å². The molecule has 2 rings (SSSR count). The second-order valence-corrected chi connectivity index (χ2v) is 6.00. The molecule has 1 aromatic heterocycles. The third-order valence-corrected chi connectivity index (χ3v) is 4.04. The van der Waals surface area contributed by atoms with Crippen LogP contribution in [0, 0.1) is 0 Å². The van der Waals surface area contributed by atoms with Crippen molar-refractivity contribution >= 4 is 15.7 Å². The molecule has 0 radical (unpaired) electrons. The Hall–Kier alpha value is -2.36. The summed E-state index contributed by atoms with van der Waals surface area (Å²) in [5.74, 6) is 0. The summed E-state index contributed by atoms with van der Waals surface area (Å²) in [6.45, 7) is 2.10. The molecule has 0 saturated heterocycles. The van der Waals surface area contributed by atoms with E-state index in [9.17, 15) is 21.6 Å². The smallest absolute Gasteiger partial charge is 0.416 e. The van der Waals surface area contributed by atoms with E-state index < -0.39 is 21.8 Å². The molecule has 0 spiro atoms. The van der Waals surface area contributed by atoms with Crippen LogP contribution in [0.25, 0.3) is 0 Å². The normalized spacial score (nSPS) is 12.0. The fourth-order valence-corrected chi connectivity index (χ4v) is 2.64. The van der Waals surface area contributed by atoms with Crippen LogP contribution in [0.15, 0.2) is 41.6 Å². The SMILES string of the molecule is CCOc1ncc(NS(=O)(=O)c2ccc(C(F)(F)F)cc2)cn1. The van der Waals surface area contributed by atoms with Crippen molar-refractivity contribution in [2.45, 2.75) is 18.0 Å². The Morgan fingerprint density at radius 2 is 1.70 bits per heavy atom. The number of hydrogen-bond acceptors (Lipinski definition) is 5. The monoisotopic (exact) mass is 347 g/mol. The van der Waals surface area contributed by atoms with Gasteiger partial charge < -0.3 is 4.74 Å². The van der Waals surface area contributed by atoms with Crippen LogP contribution >= 0.6 is 0 Å². The van der Waals surface area contributed by atoms with Gasteiger partial charge in [-0.05, 0) is 31.2 Å². The Kier molecular flexibility index (Phi) is 4.73. The van der Waals surface area contributed by atoms with Crippen molar-refractivity contribution in [2.24, 2.45) is 0 Å². The number of benzene rings is 1. The zero-order valence-corrected chi connectivity index (χ0v) is 12.6. The number of ether oxygens (including phenoxy) is 1. The Labute approximate surface area is 130 Å². The quantitative estimate of drug-likeness (QED) is 0.899. The van der Waals surface area contributed by atoms with E-state index in [4.69, 9.17) is 4.74 Å². The maximum Gasteiger partial charge on any atom is 0.416 e. The minimum atomic E-state index is -4.53. The highest BCUT2D eigenvalue weighted by atomic mass is 32.2. The molecular weight excluding hydrogens is 335 g/mol.